The molecular formula is C16H24F6O2. The molecule has 0 aromatic heterocycles. The maximum atomic E-state index is 13.2. The Morgan fingerprint density at radius 2 is 1.29 bits per heavy atom. The molecule has 2 fully saturated rings. The predicted octanol–water partition coefficient (Wildman–Crippen LogP) is 4.45. The number of hydrogen-bond donors (Lipinski definition) is 2. The van der Waals surface area contributed by atoms with Crippen LogP contribution in [-0.2, 0) is 0 Å². The summed E-state index contributed by atoms with van der Waals surface area (Å²) in [6, 6.07) is 0. The molecule has 0 saturated heterocycles. The Morgan fingerprint density at radius 1 is 0.750 bits per heavy atom. The average Bonchev–Trinajstić information content (AvgIpc) is 2.43. The maximum absolute atomic E-state index is 13.2. The van der Waals surface area contributed by atoms with Gasteiger partial charge < -0.3 is 10.2 Å². The van der Waals surface area contributed by atoms with Crippen molar-refractivity contribution >= 4 is 0 Å². The molecule has 6 atom stereocenters. The van der Waals surface area contributed by atoms with Crippen molar-refractivity contribution in [1.82, 2.24) is 0 Å². The van der Waals surface area contributed by atoms with E-state index in [2.05, 4.69) is 0 Å². The molecule has 0 amide bonds. The van der Waals surface area contributed by atoms with E-state index in [9.17, 15) is 36.6 Å². The van der Waals surface area contributed by atoms with E-state index in [4.69, 9.17) is 0 Å². The zero-order valence-corrected chi connectivity index (χ0v) is 13.7. The highest BCUT2D eigenvalue weighted by atomic mass is 19.4. The number of halogens is 6. The van der Waals surface area contributed by atoms with Gasteiger partial charge in [-0.2, -0.15) is 26.3 Å². The summed E-state index contributed by atoms with van der Waals surface area (Å²) in [5, 5.41) is 19.9. The number of hydrogen-bond acceptors (Lipinski definition) is 2. The first-order chi connectivity index (χ1) is 10.7. The summed E-state index contributed by atoms with van der Waals surface area (Å²) in [4.78, 5) is 0. The van der Waals surface area contributed by atoms with Gasteiger partial charge in [0.25, 0.3) is 0 Å². The first kappa shape index (κ1) is 19.8. The summed E-state index contributed by atoms with van der Waals surface area (Å²) < 4.78 is 78.6. The number of rotatable bonds is 2. The van der Waals surface area contributed by atoms with Crippen molar-refractivity contribution in [2.24, 2.45) is 23.7 Å². The number of aliphatic hydroxyl groups is 2. The fraction of sp³-hybridized carbons (Fsp3) is 1.00. The molecule has 2 aliphatic rings. The van der Waals surface area contributed by atoms with E-state index in [0.717, 1.165) is 13.8 Å². The SMILES string of the molecule is CC(O)(C1CCC2C(CCCC2C(C)(O)C(F)(F)F)C1)C(F)(F)F. The normalized spacial score (nSPS) is 37.2. The molecule has 0 aromatic rings. The van der Waals surface area contributed by atoms with Gasteiger partial charge in [-0.1, -0.05) is 12.8 Å². The zero-order chi connectivity index (χ0) is 18.6. The molecule has 6 unspecified atom stereocenters. The lowest BCUT2D eigenvalue weighted by molar-refractivity contribution is -0.292. The van der Waals surface area contributed by atoms with Crippen LogP contribution in [0.5, 0.6) is 0 Å². The Hall–Kier alpha value is -0.500. The third kappa shape index (κ3) is 3.28. The van der Waals surface area contributed by atoms with Gasteiger partial charge in [0.2, 0.25) is 0 Å². The lowest BCUT2D eigenvalue weighted by Gasteiger charge is -2.51. The van der Waals surface area contributed by atoms with Crippen molar-refractivity contribution in [2.45, 2.75) is 75.9 Å². The molecule has 0 heterocycles. The van der Waals surface area contributed by atoms with Gasteiger partial charge in [-0.3, -0.25) is 0 Å². The highest BCUT2D eigenvalue weighted by molar-refractivity contribution is 5.01. The Kier molecular flexibility index (Phi) is 4.99. The molecule has 2 aliphatic carbocycles. The fourth-order valence-corrected chi connectivity index (χ4v) is 4.61. The largest absolute Gasteiger partial charge is 0.417 e. The van der Waals surface area contributed by atoms with Crippen LogP contribution in [0.3, 0.4) is 0 Å². The van der Waals surface area contributed by atoms with Crippen molar-refractivity contribution < 1.29 is 36.6 Å². The van der Waals surface area contributed by atoms with Gasteiger partial charge in [-0.15, -0.1) is 0 Å². The lowest BCUT2D eigenvalue weighted by atomic mass is 9.57. The van der Waals surface area contributed by atoms with Gasteiger partial charge in [0.05, 0.1) is 0 Å². The van der Waals surface area contributed by atoms with Crippen LogP contribution in [0.15, 0.2) is 0 Å². The molecule has 8 heteroatoms. The average molecular weight is 362 g/mol. The summed E-state index contributed by atoms with van der Waals surface area (Å²) in [5.41, 5.74) is -5.67. The summed E-state index contributed by atoms with van der Waals surface area (Å²) in [6.07, 6.45) is -8.12. The molecule has 0 bridgehead atoms. The molecular weight excluding hydrogens is 338 g/mol. The number of fused-ring (bicyclic) bond motifs is 1. The van der Waals surface area contributed by atoms with Gasteiger partial charge in [0.1, 0.15) is 0 Å². The molecule has 2 nitrogen and oxygen atoms in total. The summed E-state index contributed by atoms with van der Waals surface area (Å²) in [7, 11) is 0. The van der Waals surface area contributed by atoms with E-state index in [1.54, 1.807) is 0 Å². The summed E-state index contributed by atoms with van der Waals surface area (Å²) >= 11 is 0. The minimum Gasteiger partial charge on any atom is -0.380 e. The molecule has 0 radical (unpaired) electrons. The summed E-state index contributed by atoms with van der Waals surface area (Å²) in [6.45, 7) is 1.50. The van der Waals surface area contributed by atoms with E-state index in [0.29, 0.717) is 12.8 Å². The first-order valence-corrected chi connectivity index (χ1v) is 8.27. The van der Waals surface area contributed by atoms with Crippen molar-refractivity contribution in [1.29, 1.82) is 0 Å². The van der Waals surface area contributed by atoms with E-state index in [1.165, 1.54) is 0 Å². The molecule has 142 valence electrons. The Labute approximate surface area is 137 Å². The van der Waals surface area contributed by atoms with Gasteiger partial charge in [-0.25, -0.2) is 0 Å². The highest BCUT2D eigenvalue weighted by Gasteiger charge is 2.61. The second-order valence-corrected chi connectivity index (χ2v) is 7.76. The minimum atomic E-state index is -4.77. The van der Waals surface area contributed by atoms with Crippen LogP contribution < -0.4 is 0 Å². The smallest absolute Gasteiger partial charge is 0.380 e. The second kappa shape index (κ2) is 6.04. The van der Waals surface area contributed by atoms with Gasteiger partial charge in [0, 0.05) is 0 Å². The molecule has 24 heavy (non-hydrogen) atoms. The topological polar surface area (TPSA) is 40.5 Å². The third-order valence-electron chi connectivity index (χ3n) is 6.31. The standard InChI is InChI=1S/C16H24F6O2/c1-13(23,15(17,18)19)10-6-7-11-9(8-10)4-3-5-12(11)14(2,24)16(20,21)22/h9-12,23-24H,3-8H2,1-2H3. The van der Waals surface area contributed by atoms with Crippen LogP contribution >= 0.6 is 0 Å². The van der Waals surface area contributed by atoms with Crippen molar-refractivity contribution in [3.8, 4) is 0 Å². The minimum absolute atomic E-state index is 0.0120. The highest BCUT2D eigenvalue weighted by Crippen LogP contribution is 2.55. The second-order valence-electron chi connectivity index (χ2n) is 7.76. The quantitative estimate of drug-likeness (QED) is 0.713. The van der Waals surface area contributed by atoms with Crippen LogP contribution in [0.1, 0.15) is 52.4 Å². The predicted molar refractivity (Wildman–Crippen MR) is 75.0 cm³/mol. The van der Waals surface area contributed by atoms with E-state index < -0.39 is 41.3 Å². The van der Waals surface area contributed by atoms with E-state index in [-0.39, 0.29) is 31.6 Å². The monoisotopic (exact) mass is 362 g/mol. The van der Waals surface area contributed by atoms with Crippen molar-refractivity contribution in [2.75, 3.05) is 0 Å². The summed E-state index contributed by atoms with van der Waals surface area (Å²) in [5.74, 6) is -2.82. The molecule has 0 aliphatic heterocycles. The van der Waals surface area contributed by atoms with Gasteiger partial charge >= 0.3 is 12.4 Å². The van der Waals surface area contributed by atoms with Crippen LogP contribution in [0.25, 0.3) is 0 Å². The number of alkyl halides is 6. The van der Waals surface area contributed by atoms with E-state index in [1.807, 2.05) is 0 Å². The van der Waals surface area contributed by atoms with Gasteiger partial charge in [-0.05, 0) is 63.2 Å². The van der Waals surface area contributed by atoms with Crippen LogP contribution in [-0.4, -0.2) is 33.8 Å². The van der Waals surface area contributed by atoms with Crippen molar-refractivity contribution in [3.63, 3.8) is 0 Å². The Bertz CT molecular complexity index is 454. The Balaban J connectivity index is 2.18. The maximum Gasteiger partial charge on any atom is 0.417 e. The zero-order valence-electron chi connectivity index (χ0n) is 13.7. The first-order valence-electron chi connectivity index (χ1n) is 8.27. The molecule has 0 spiro atoms. The molecule has 2 saturated carbocycles. The van der Waals surface area contributed by atoms with Crippen LogP contribution in [0.2, 0.25) is 0 Å². The molecule has 0 aromatic carbocycles. The fourth-order valence-electron chi connectivity index (χ4n) is 4.61. The molecule has 2 rings (SSSR count). The van der Waals surface area contributed by atoms with Gasteiger partial charge in [0.15, 0.2) is 11.2 Å². The van der Waals surface area contributed by atoms with Crippen LogP contribution in [0, 0.1) is 23.7 Å². The van der Waals surface area contributed by atoms with E-state index >= 15 is 0 Å². The Morgan fingerprint density at radius 3 is 1.79 bits per heavy atom. The van der Waals surface area contributed by atoms with Crippen LogP contribution in [0.4, 0.5) is 26.3 Å². The lowest BCUT2D eigenvalue weighted by Crippen LogP contribution is -2.56. The molecule has 2 N–H and O–H groups in total. The third-order valence-corrected chi connectivity index (χ3v) is 6.31. The van der Waals surface area contributed by atoms with Crippen molar-refractivity contribution in [3.05, 3.63) is 0 Å².